The van der Waals surface area contributed by atoms with Gasteiger partial charge in [-0.15, -0.1) is 0 Å². The van der Waals surface area contributed by atoms with E-state index in [0.29, 0.717) is 22.8 Å². The summed E-state index contributed by atoms with van der Waals surface area (Å²) in [4.78, 5) is 40.3. The molecule has 30 heavy (non-hydrogen) atoms. The van der Waals surface area contributed by atoms with Crippen molar-refractivity contribution in [2.75, 3.05) is 13.7 Å². The van der Waals surface area contributed by atoms with Crippen molar-refractivity contribution in [2.24, 2.45) is 5.92 Å². The number of rotatable bonds is 7. The Morgan fingerprint density at radius 3 is 2.33 bits per heavy atom. The zero-order valence-corrected chi connectivity index (χ0v) is 17.7. The van der Waals surface area contributed by atoms with Crippen molar-refractivity contribution in [1.82, 2.24) is 4.90 Å². The number of carbonyl (C=O) groups is 3. The highest BCUT2D eigenvalue weighted by Crippen LogP contribution is 2.39. The summed E-state index contributed by atoms with van der Waals surface area (Å²) in [5.41, 5.74) is 2.12. The topological polar surface area (TPSA) is 83.9 Å². The fourth-order valence-corrected chi connectivity index (χ4v) is 3.87. The molecule has 0 radical (unpaired) electrons. The van der Waals surface area contributed by atoms with Crippen LogP contribution in [0.3, 0.4) is 0 Å². The van der Waals surface area contributed by atoms with Gasteiger partial charge in [0, 0.05) is 12.1 Å². The highest BCUT2D eigenvalue weighted by atomic mass is 16.5. The maximum atomic E-state index is 13.3. The van der Waals surface area contributed by atoms with Crippen molar-refractivity contribution in [2.45, 2.75) is 38.8 Å². The second-order valence-electron chi connectivity index (χ2n) is 8.01. The third-order valence-electron chi connectivity index (χ3n) is 5.45. The number of methoxy groups -OCH3 is 1. The van der Waals surface area contributed by atoms with Crippen molar-refractivity contribution in [3.63, 3.8) is 0 Å². The SMILES string of the molecule is COc1cccc(C(=O)C2C(=O)C(=O)N(CC(C)O)C2c2ccc(C(C)C)cc2)c1. The number of hydrogen-bond acceptors (Lipinski definition) is 5. The van der Waals surface area contributed by atoms with Gasteiger partial charge in [-0.25, -0.2) is 0 Å². The molecule has 0 aromatic heterocycles. The summed E-state index contributed by atoms with van der Waals surface area (Å²) in [5, 5.41) is 9.90. The van der Waals surface area contributed by atoms with Crippen LogP contribution in [-0.2, 0) is 9.59 Å². The molecule has 158 valence electrons. The zero-order valence-electron chi connectivity index (χ0n) is 17.7. The van der Waals surface area contributed by atoms with E-state index in [1.165, 1.54) is 12.0 Å². The number of nitrogens with zero attached hydrogens (tertiary/aromatic N) is 1. The van der Waals surface area contributed by atoms with Crippen molar-refractivity contribution in [1.29, 1.82) is 0 Å². The van der Waals surface area contributed by atoms with Gasteiger partial charge in [-0.1, -0.05) is 50.2 Å². The van der Waals surface area contributed by atoms with E-state index in [2.05, 4.69) is 13.8 Å². The predicted molar refractivity (Wildman–Crippen MR) is 112 cm³/mol. The highest BCUT2D eigenvalue weighted by molar-refractivity contribution is 6.44. The molecule has 6 heteroatoms. The number of amides is 1. The molecule has 0 bridgehead atoms. The Hall–Kier alpha value is -2.99. The molecule has 2 aromatic carbocycles. The van der Waals surface area contributed by atoms with Gasteiger partial charge in [0.25, 0.3) is 5.91 Å². The summed E-state index contributed by atoms with van der Waals surface area (Å²) in [5.74, 6) is -2.27. The third kappa shape index (κ3) is 4.14. The minimum Gasteiger partial charge on any atom is -0.497 e. The Bertz CT molecular complexity index is 948. The van der Waals surface area contributed by atoms with Gasteiger partial charge in [0.2, 0.25) is 5.78 Å². The monoisotopic (exact) mass is 409 g/mol. The number of aliphatic hydroxyl groups excluding tert-OH is 1. The van der Waals surface area contributed by atoms with Crippen molar-refractivity contribution in [3.05, 3.63) is 65.2 Å². The summed E-state index contributed by atoms with van der Waals surface area (Å²) >= 11 is 0. The Labute approximate surface area is 176 Å². The first-order chi connectivity index (χ1) is 14.2. The van der Waals surface area contributed by atoms with E-state index in [1.807, 2.05) is 24.3 Å². The molecule has 1 aliphatic heterocycles. The third-order valence-corrected chi connectivity index (χ3v) is 5.45. The van der Waals surface area contributed by atoms with Crippen LogP contribution in [0.5, 0.6) is 5.75 Å². The molecular weight excluding hydrogens is 382 g/mol. The molecule has 1 saturated heterocycles. The maximum absolute atomic E-state index is 13.3. The van der Waals surface area contributed by atoms with Crippen LogP contribution in [0.15, 0.2) is 48.5 Å². The summed E-state index contributed by atoms with van der Waals surface area (Å²) in [6.07, 6.45) is -0.829. The average Bonchev–Trinajstić information content (AvgIpc) is 2.97. The smallest absolute Gasteiger partial charge is 0.291 e. The summed E-state index contributed by atoms with van der Waals surface area (Å²) < 4.78 is 5.19. The quantitative estimate of drug-likeness (QED) is 0.431. The second-order valence-corrected chi connectivity index (χ2v) is 8.01. The lowest BCUT2D eigenvalue weighted by atomic mass is 9.85. The molecule has 1 aliphatic rings. The molecule has 3 atom stereocenters. The summed E-state index contributed by atoms with van der Waals surface area (Å²) in [7, 11) is 1.50. The fraction of sp³-hybridized carbons (Fsp3) is 0.375. The minimum absolute atomic E-state index is 0.0247. The van der Waals surface area contributed by atoms with Crippen molar-refractivity contribution >= 4 is 17.5 Å². The Morgan fingerprint density at radius 2 is 1.77 bits per heavy atom. The maximum Gasteiger partial charge on any atom is 0.291 e. The second kappa shape index (κ2) is 8.79. The van der Waals surface area contributed by atoms with Crippen LogP contribution >= 0.6 is 0 Å². The number of aliphatic hydroxyl groups is 1. The van der Waals surface area contributed by atoms with E-state index >= 15 is 0 Å². The molecule has 6 nitrogen and oxygen atoms in total. The number of β-amino-alcohol motifs (C(OH)–C–C–N with tert-alkyl or cyclic N) is 1. The Kier molecular flexibility index (Phi) is 6.37. The van der Waals surface area contributed by atoms with E-state index in [1.54, 1.807) is 31.2 Å². The first-order valence-electron chi connectivity index (χ1n) is 10.1. The Balaban J connectivity index is 2.06. The van der Waals surface area contributed by atoms with Crippen LogP contribution in [0.4, 0.5) is 0 Å². The molecule has 1 heterocycles. The first-order valence-corrected chi connectivity index (χ1v) is 10.1. The standard InChI is InChI=1S/C24H27NO5/c1-14(2)16-8-10-17(11-9-16)21-20(23(28)24(29)25(21)13-15(3)26)22(27)18-6-5-7-19(12-18)30-4/h5-12,14-15,20-21,26H,13H2,1-4H3. The molecular formula is C24H27NO5. The molecule has 0 aliphatic carbocycles. The van der Waals surface area contributed by atoms with Crippen molar-refractivity contribution < 1.29 is 24.2 Å². The Morgan fingerprint density at radius 1 is 1.10 bits per heavy atom. The van der Waals surface area contributed by atoms with Crippen LogP contribution in [-0.4, -0.2) is 47.2 Å². The molecule has 0 spiro atoms. The van der Waals surface area contributed by atoms with E-state index < -0.39 is 35.5 Å². The number of carbonyl (C=O) groups excluding carboxylic acids is 3. The molecule has 0 saturated carbocycles. The van der Waals surface area contributed by atoms with E-state index in [0.717, 1.165) is 5.56 Å². The number of ketones is 2. The lowest BCUT2D eigenvalue weighted by molar-refractivity contribution is -0.141. The summed E-state index contributed by atoms with van der Waals surface area (Å²) in [6, 6.07) is 13.4. The van der Waals surface area contributed by atoms with Gasteiger partial charge in [-0.05, 0) is 36.1 Å². The molecule has 3 unspecified atom stereocenters. The minimum atomic E-state index is -1.17. The first kappa shape index (κ1) is 21.7. The van der Waals surface area contributed by atoms with Gasteiger partial charge in [0.05, 0.1) is 19.3 Å². The van der Waals surface area contributed by atoms with Crippen LogP contribution in [0, 0.1) is 5.92 Å². The van der Waals surface area contributed by atoms with E-state index in [4.69, 9.17) is 4.74 Å². The normalized spacial score (nSPS) is 20.0. The molecule has 1 amide bonds. The average molecular weight is 409 g/mol. The van der Waals surface area contributed by atoms with Gasteiger partial charge >= 0.3 is 0 Å². The lowest BCUT2D eigenvalue weighted by Crippen LogP contribution is -2.36. The van der Waals surface area contributed by atoms with Crippen LogP contribution < -0.4 is 4.74 Å². The lowest BCUT2D eigenvalue weighted by Gasteiger charge is -2.28. The molecule has 1 fully saturated rings. The predicted octanol–water partition coefficient (Wildman–Crippen LogP) is 3.15. The van der Waals surface area contributed by atoms with Gasteiger partial charge < -0.3 is 14.7 Å². The van der Waals surface area contributed by atoms with E-state index in [9.17, 15) is 19.5 Å². The van der Waals surface area contributed by atoms with Gasteiger partial charge in [0.15, 0.2) is 5.78 Å². The number of benzene rings is 2. The van der Waals surface area contributed by atoms with Crippen LogP contribution in [0.1, 0.15) is 54.2 Å². The molecule has 3 rings (SSSR count). The molecule has 1 N–H and O–H groups in total. The van der Waals surface area contributed by atoms with Gasteiger partial charge in [-0.3, -0.25) is 14.4 Å². The largest absolute Gasteiger partial charge is 0.497 e. The number of ether oxygens (including phenoxy) is 1. The van der Waals surface area contributed by atoms with Gasteiger partial charge in [0.1, 0.15) is 11.7 Å². The van der Waals surface area contributed by atoms with Crippen molar-refractivity contribution in [3.8, 4) is 5.75 Å². The van der Waals surface area contributed by atoms with Crippen LogP contribution in [0.25, 0.3) is 0 Å². The fourth-order valence-electron chi connectivity index (χ4n) is 3.87. The summed E-state index contributed by atoms with van der Waals surface area (Å²) in [6.45, 7) is 5.68. The highest BCUT2D eigenvalue weighted by Gasteiger charge is 2.51. The zero-order chi connectivity index (χ0) is 22.0. The molecule has 2 aromatic rings. The number of hydrogen-bond donors (Lipinski definition) is 1. The number of Topliss-reactive ketones (excluding diaryl/α,β-unsaturated/α-hetero) is 2. The number of likely N-dealkylation sites (tertiary alicyclic amines) is 1. The van der Waals surface area contributed by atoms with E-state index in [-0.39, 0.29) is 6.54 Å². The van der Waals surface area contributed by atoms with Crippen LogP contribution in [0.2, 0.25) is 0 Å². The van der Waals surface area contributed by atoms with Gasteiger partial charge in [-0.2, -0.15) is 0 Å².